The molecular formula is C19H14F2N4O. The third kappa shape index (κ3) is 2.67. The molecule has 0 radical (unpaired) electrons. The van der Waals surface area contributed by atoms with Crippen molar-refractivity contribution >= 4 is 11.2 Å². The molecule has 4 rings (SSSR count). The maximum Gasteiger partial charge on any atom is 0.330 e. The van der Waals surface area contributed by atoms with Crippen LogP contribution in [0.15, 0.2) is 59.7 Å². The van der Waals surface area contributed by atoms with Crippen molar-refractivity contribution in [2.45, 2.75) is 6.54 Å². The highest BCUT2D eigenvalue weighted by Gasteiger charge is 2.14. The first kappa shape index (κ1) is 16.1. The highest BCUT2D eigenvalue weighted by molar-refractivity contribution is 5.78. The molecule has 0 amide bonds. The number of halogens is 2. The van der Waals surface area contributed by atoms with Crippen molar-refractivity contribution in [2.24, 2.45) is 7.05 Å². The SMILES string of the molecule is Cn1c(=O)n(Cc2ccccn2)c2cc(-c3ccc(F)c(F)c3)cnc21. The molecule has 5 nitrogen and oxygen atoms in total. The average Bonchev–Trinajstić information content (AvgIpc) is 2.89. The van der Waals surface area contributed by atoms with E-state index in [2.05, 4.69) is 9.97 Å². The molecule has 0 spiro atoms. The van der Waals surface area contributed by atoms with Crippen LogP contribution >= 0.6 is 0 Å². The Bertz CT molecular complexity index is 1170. The minimum atomic E-state index is -0.929. The Labute approximate surface area is 147 Å². The number of fused-ring (bicyclic) bond motifs is 1. The highest BCUT2D eigenvalue weighted by atomic mass is 19.2. The quantitative estimate of drug-likeness (QED) is 0.569. The van der Waals surface area contributed by atoms with Crippen molar-refractivity contribution in [3.63, 3.8) is 0 Å². The molecule has 0 N–H and O–H groups in total. The zero-order valence-corrected chi connectivity index (χ0v) is 13.9. The van der Waals surface area contributed by atoms with Crippen LogP contribution in [0, 0.1) is 11.6 Å². The van der Waals surface area contributed by atoms with Crippen LogP contribution in [0.25, 0.3) is 22.3 Å². The Morgan fingerprint density at radius 1 is 1.00 bits per heavy atom. The van der Waals surface area contributed by atoms with Crippen molar-refractivity contribution in [3.05, 3.63) is 82.7 Å². The Morgan fingerprint density at radius 2 is 1.85 bits per heavy atom. The predicted molar refractivity (Wildman–Crippen MR) is 93.7 cm³/mol. The zero-order chi connectivity index (χ0) is 18.3. The van der Waals surface area contributed by atoms with E-state index in [4.69, 9.17) is 0 Å². The van der Waals surface area contributed by atoms with Gasteiger partial charge in [-0.25, -0.2) is 18.6 Å². The lowest BCUT2D eigenvalue weighted by Crippen LogP contribution is -2.23. The summed E-state index contributed by atoms with van der Waals surface area (Å²) < 4.78 is 29.7. The highest BCUT2D eigenvalue weighted by Crippen LogP contribution is 2.24. The lowest BCUT2D eigenvalue weighted by molar-refractivity contribution is 0.509. The summed E-state index contributed by atoms with van der Waals surface area (Å²) in [5, 5.41) is 0. The average molecular weight is 352 g/mol. The number of aryl methyl sites for hydroxylation is 1. The number of imidazole rings is 1. The summed E-state index contributed by atoms with van der Waals surface area (Å²) in [7, 11) is 1.64. The van der Waals surface area contributed by atoms with Gasteiger partial charge in [0.1, 0.15) is 0 Å². The van der Waals surface area contributed by atoms with Crippen molar-refractivity contribution in [3.8, 4) is 11.1 Å². The molecule has 4 aromatic rings. The van der Waals surface area contributed by atoms with Crippen LogP contribution in [-0.2, 0) is 13.6 Å². The largest absolute Gasteiger partial charge is 0.330 e. The molecule has 0 aliphatic heterocycles. The number of rotatable bonds is 3. The van der Waals surface area contributed by atoms with Gasteiger partial charge in [0.05, 0.1) is 17.8 Å². The Morgan fingerprint density at radius 3 is 2.58 bits per heavy atom. The molecule has 0 saturated carbocycles. The van der Waals surface area contributed by atoms with Crippen LogP contribution in [0.2, 0.25) is 0 Å². The minimum absolute atomic E-state index is 0.222. The van der Waals surface area contributed by atoms with Gasteiger partial charge in [-0.1, -0.05) is 12.1 Å². The van der Waals surface area contributed by atoms with Crippen molar-refractivity contribution in [2.75, 3.05) is 0 Å². The Kier molecular flexibility index (Phi) is 3.84. The predicted octanol–water partition coefficient (Wildman–Crippen LogP) is 3.12. The second-order valence-electron chi connectivity index (χ2n) is 5.94. The number of hydrogen-bond acceptors (Lipinski definition) is 3. The van der Waals surface area contributed by atoms with Crippen LogP contribution in [0.4, 0.5) is 8.78 Å². The minimum Gasteiger partial charge on any atom is -0.284 e. The summed E-state index contributed by atoms with van der Waals surface area (Å²) in [6, 6.07) is 10.9. The number of nitrogens with zero attached hydrogens (tertiary/aromatic N) is 4. The summed E-state index contributed by atoms with van der Waals surface area (Å²) in [6.07, 6.45) is 3.20. The van der Waals surface area contributed by atoms with Gasteiger partial charge in [0.15, 0.2) is 17.3 Å². The third-order valence-corrected chi connectivity index (χ3v) is 4.27. The molecule has 0 fully saturated rings. The van der Waals surface area contributed by atoms with E-state index in [0.717, 1.165) is 17.8 Å². The molecule has 0 bridgehead atoms. The lowest BCUT2D eigenvalue weighted by atomic mass is 10.1. The van der Waals surface area contributed by atoms with Gasteiger partial charge in [0, 0.05) is 25.0 Å². The second kappa shape index (κ2) is 6.18. The Hall–Kier alpha value is -3.35. The monoisotopic (exact) mass is 352 g/mol. The van der Waals surface area contributed by atoms with Crippen LogP contribution in [-0.4, -0.2) is 19.1 Å². The second-order valence-corrected chi connectivity index (χ2v) is 5.94. The summed E-state index contributed by atoms with van der Waals surface area (Å²) in [5.41, 5.74) is 2.71. The molecule has 26 heavy (non-hydrogen) atoms. The van der Waals surface area contributed by atoms with E-state index in [0.29, 0.717) is 28.8 Å². The van der Waals surface area contributed by atoms with Gasteiger partial charge in [0.25, 0.3) is 0 Å². The van der Waals surface area contributed by atoms with E-state index < -0.39 is 11.6 Å². The molecule has 3 heterocycles. The smallest absolute Gasteiger partial charge is 0.284 e. The first-order chi connectivity index (χ1) is 12.5. The fourth-order valence-electron chi connectivity index (χ4n) is 2.92. The first-order valence-corrected chi connectivity index (χ1v) is 7.95. The van der Waals surface area contributed by atoms with Crippen molar-refractivity contribution in [1.29, 1.82) is 0 Å². The zero-order valence-electron chi connectivity index (χ0n) is 13.9. The van der Waals surface area contributed by atoms with Gasteiger partial charge < -0.3 is 0 Å². The fourth-order valence-corrected chi connectivity index (χ4v) is 2.92. The molecule has 1 aromatic carbocycles. The van der Waals surface area contributed by atoms with Crippen molar-refractivity contribution < 1.29 is 8.78 Å². The number of pyridine rings is 2. The van der Waals surface area contributed by atoms with Crippen LogP contribution in [0.5, 0.6) is 0 Å². The number of aromatic nitrogens is 4. The van der Waals surface area contributed by atoms with Gasteiger partial charge in [0.2, 0.25) is 0 Å². The molecular weight excluding hydrogens is 338 g/mol. The van der Waals surface area contributed by atoms with Crippen LogP contribution in [0.3, 0.4) is 0 Å². The topological polar surface area (TPSA) is 52.7 Å². The number of hydrogen-bond donors (Lipinski definition) is 0. The molecule has 7 heteroatoms. The number of benzene rings is 1. The molecule has 0 unspecified atom stereocenters. The van der Waals surface area contributed by atoms with Gasteiger partial charge in [-0.05, 0) is 35.9 Å². The molecule has 130 valence electrons. The summed E-state index contributed by atoms with van der Waals surface area (Å²) in [5.74, 6) is -1.84. The van der Waals surface area contributed by atoms with Gasteiger partial charge in [-0.2, -0.15) is 0 Å². The normalized spacial score (nSPS) is 11.2. The summed E-state index contributed by atoms with van der Waals surface area (Å²) in [6.45, 7) is 0.292. The van der Waals surface area contributed by atoms with E-state index >= 15 is 0 Å². The maximum absolute atomic E-state index is 13.6. The van der Waals surface area contributed by atoms with Crippen LogP contribution < -0.4 is 5.69 Å². The van der Waals surface area contributed by atoms with Crippen molar-refractivity contribution in [1.82, 2.24) is 19.1 Å². The third-order valence-electron chi connectivity index (χ3n) is 4.27. The molecule has 0 aliphatic carbocycles. The van der Waals surface area contributed by atoms with Gasteiger partial charge in [-0.3, -0.25) is 14.1 Å². The summed E-state index contributed by atoms with van der Waals surface area (Å²) in [4.78, 5) is 21.2. The fraction of sp³-hybridized carbons (Fsp3) is 0.105. The maximum atomic E-state index is 13.6. The van der Waals surface area contributed by atoms with E-state index in [9.17, 15) is 13.6 Å². The van der Waals surface area contributed by atoms with Gasteiger partial charge in [-0.15, -0.1) is 0 Å². The molecule has 0 saturated heterocycles. The van der Waals surface area contributed by atoms with E-state index in [1.807, 2.05) is 12.1 Å². The van der Waals surface area contributed by atoms with Gasteiger partial charge >= 0.3 is 5.69 Å². The van der Waals surface area contributed by atoms with E-state index in [-0.39, 0.29) is 5.69 Å². The first-order valence-electron chi connectivity index (χ1n) is 7.95. The molecule has 3 aromatic heterocycles. The summed E-state index contributed by atoms with van der Waals surface area (Å²) >= 11 is 0. The molecule has 0 aliphatic rings. The van der Waals surface area contributed by atoms with E-state index in [1.165, 1.54) is 10.6 Å². The van der Waals surface area contributed by atoms with Crippen LogP contribution in [0.1, 0.15) is 5.69 Å². The lowest BCUT2D eigenvalue weighted by Gasteiger charge is -2.05. The van der Waals surface area contributed by atoms with E-state index in [1.54, 1.807) is 36.1 Å². The Balaban J connectivity index is 1.88. The standard InChI is InChI=1S/C19H14F2N4O/c1-24-18-17(25(19(24)26)11-14-4-2-3-7-22-14)9-13(10-23-18)12-5-6-15(20)16(21)8-12/h2-10H,11H2,1H3. The molecule has 0 atom stereocenters.